The standard InChI is InChI=1S/C13H15NO2S/c1-2-13(15)10-3-5-12(6-4-10)16-7-11-8-17-9-14-11/h3-6,8-9,13,15H,2,7H2,1H3/t13-/m1/s1. The summed E-state index contributed by atoms with van der Waals surface area (Å²) >= 11 is 1.56. The van der Waals surface area contributed by atoms with Gasteiger partial charge >= 0.3 is 0 Å². The number of hydrogen-bond acceptors (Lipinski definition) is 4. The molecule has 0 saturated carbocycles. The summed E-state index contributed by atoms with van der Waals surface area (Å²) in [6.45, 7) is 2.44. The van der Waals surface area contributed by atoms with Gasteiger partial charge in [-0.25, -0.2) is 4.98 Å². The van der Waals surface area contributed by atoms with Gasteiger partial charge in [-0.2, -0.15) is 0 Å². The summed E-state index contributed by atoms with van der Waals surface area (Å²) in [5, 5.41) is 11.6. The molecule has 1 N–H and O–H groups in total. The predicted molar refractivity (Wildman–Crippen MR) is 68.1 cm³/mol. The number of hydrogen-bond donors (Lipinski definition) is 1. The van der Waals surface area contributed by atoms with Crippen LogP contribution in [0.3, 0.4) is 0 Å². The summed E-state index contributed by atoms with van der Waals surface area (Å²) in [4.78, 5) is 4.14. The molecule has 0 aliphatic rings. The molecule has 0 saturated heterocycles. The third-order valence-electron chi connectivity index (χ3n) is 2.52. The van der Waals surface area contributed by atoms with Gasteiger partial charge in [-0.15, -0.1) is 11.3 Å². The molecular formula is C13H15NO2S. The van der Waals surface area contributed by atoms with E-state index in [-0.39, 0.29) is 6.10 Å². The molecule has 0 fully saturated rings. The van der Waals surface area contributed by atoms with Crippen molar-refractivity contribution in [3.63, 3.8) is 0 Å². The van der Waals surface area contributed by atoms with E-state index < -0.39 is 0 Å². The first-order chi connectivity index (χ1) is 8.29. The first-order valence-electron chi connectivity index (χ1n) is 5.57. The molecule has 4 heteroatoms. The van der Waals surface area contributed by atoms with Gasteiger partial charge < -0.3 is 9.84 Å². The summed E-state index contributed by atoms with van der Waals surface area (Å²) < 4.78 is 5.58. The Morgan fingerprint density at radius 1 is 1.35 bits per heavy atom. The Bertz CT molecular complexity index is 439. The van der Waals surface area contributed by atoms with Crippen LogP contribution in [0.25, 0.3) is 0 Å². The molecule has 0 bridgehead atoms. The highest BCUT2D eigenvalue weighted by atomic mass is 32.1. The van der Waals surface area contributed by atoms with Gasteiger partial charge in [-0.1, -0.05) is 19.1 Å². The fraction of sp³-hybridized carbons (Fsp3) is 0.308. The molecule has 1 heterocycles. The van der Waals surface area contributed by atoms with Crippen molar-refractivity contribution in [3.8, 4) is 5.75 Å². The third-order valence-corrected chi connectivity index (χ3v) is 3.16. The van der Waals surface area contributed by atoms with Crippen LogP contribution >= 0.6 is 11.3 Å². The largest absolute Gasteiger partial charge is 0.487 e. The van der Waals surface area contributed by atoms with Crippen molar-refractivity contribution in [2.75, 3.05) is 0 Å². The Balaban J connectivity index is 1.94. The first-order valence-corrected chi connectivity index (χ1v) is 6.51. The maximum atomic E-state index is 9.65. The zero-order chi connectivity index (χ0) is 12.1. The van der Waals surface area contributed by atoms with E-state index in [2.05, 4.69) is 4.98 Å². The Hall–Kier alpha value is -1.39. The monoisotopic (exact) mass is 249 g/mol. The molecule has 2 rings (SSSR count). The fourth-order valence-corrected chi connectivity index (χ4v) is 2.03. The van der Waals surface area contributed by atoms with Gasteiger partial charge in [0, 0.05) is 5.38 Å². The molecule has 1 aromatic heterocycles. The number of aliphatic hydroxyl groups is 1. The Labute approximate surface area is 105 Å². The zero-order valence-electron chi connectivity index (χ0n) is 9.67. The van der Waals surface area contributed by atoms with E-state index >= 15 is 0 Å². The van der Waals surface area contributed by atoms with Crippen molar-refractivity contribution in [2.24, 2.45) is 0 Å². The smallest absolute Gasteiger partial charge is 0.131 e. The van der Waals surface area contributed by atoms with Gasteiger partial charge in [0.2, 0.25) is 0 Å². The Morgan fingerprint density at radius 3 is 2.71 bits per heavy atom. The summed E-state index contributed by atoms with van der Waals surface area (Å²) in [5.74, 6) is 0.796. The summed E-state index contributed by atoms with van der Waals surface area (Å²) in [6.07, 6.45) is 0.335. The van der Waals surface area contributed by atoms with Crippen LogP contribution in [-0.2, 0) is 6.61 Å². The van der Waals surface area contributed by atoms with Crippen LogP contribution in [0.2, 0.25) is 0 Å². The lowest BCUT2D eigenvalue weighted by molar-refractivity contribution is 0.173. The second-order valence-corrected chi connectivity index (χ2v) is 4.48. The molecule has 0 unspecified atom stereocenters. The molecular weight excluding hydrogens is 234 g/mol. The molecule has 0 aliphatic carbocycles. The second-order valence-electron chi connectivity index (χ2n) is 3.76. The molecule has 0 amide bonds. The van der Waals surface area contributed by atoms with Crippen LogP contribution in [0, 0.1) is 0 Å². The number of thiazole rings is 1. The summed E-state index contributed by atoms with van der Waals surface area (Å²) in [5.41, 5.74) is 3.65. The maximum absolute atomic E-state index is 9.65. The average Bonchev–Trinajstić information content (AvgIpc) is 2.89. The lowest BCUT2D eigenvalue weighted by atomic mass is 10.1. The summed E-state index contributed by atoms with van der Waals surface area (Å²) in [6, 6.07) is 7.54. The van der Waals surface area contributed by atoms with E-state index in [0.717, 1.165) is 23.4 Å². The first kappa shape index (κ1) is 12.1. The van der Waals surface area contributed by atoms with Crippen LogP contribution in [-0.4, -0.2) is 10.1 Å². The van der Waals surface area contributed by atoms with Crippen LogP contribution < -0.4 is 4.74 Å². The highest BCUT2D eigenvalue weighted by Gasteiger charge is 2.04. The van der Waals surface area contributed by atoms with E-state index in [4.69, 9.17) is 4.74 Å². The third kappa shape index (κ3) is 3.28. The van der Waals surface area contributed by atoms with Crippen molar-refractivity contribution in [3.05, 3.63) is 46.4 Å². The molecule has 0 spiro atoms. The van der Waals surface area contributed by atoms with E-state index in [0.29, 0.717) is 6.61 Å². The number of aliphatic hydroxyl groups excluding tert-OH is 1. The molecule has 1 aromatic carbocycles. The lowest BCUT2D eigenvalue weighted by Crippen LogP contribution is -1.97. The number of rotatable bonds is 5. The minimum absolute atomic E-state index is 0.386. The maximum Gasteiger partial charge on any atom is 0.131 e. The molecule has 2 aromatic rings. The van der Waals surface area contributed by atoms with E-state index in [1.807, 2.05) is 36.6 Å². The normalized spacial score (nSPS) is 12.4. The predicted octanol–water partition coefficient (Wildman–Crippen LogP) is 3.17. The Kier molecular flexibility index (Phi) is 4.12. The van der Waals surface area contributed by atoms with E-state index in [9.17, 15) is 5.11 Å². The molecule has 1 atom stereocenters. The van der Waals surface area contributed by atoms with Crippen molar-refractivity contribution in [1.82, 2.24) is 4.98 Å². The molecule has 90 valence electrons. The van der Waals surface area contributed by atoms with Gasteiger partial charge in [0.05, 0.1) is 17.3 Å². The van der Waals surface area contributed by atoms with Crippen molar-refractivity contribution < 1.29 is 9.84 Å². The number of nitrogens with zero attached hydrogens (tertiary/aromatic N) is 1. The second kappa shape index (κ2) is 5.80. The molecule has 3 nitrogen and oxygen atoms in total. The number of aromatic nitrogens is 1. The Morgan fingerprint density at radius 2 is 2.12 bits per heavy atom. The summed E-state index contributed by atoms with van der Waals surface area (Å²) in [7, 11) is 0. The van der Waals surface area contributed by atoms with E-state index in [1.54, 1.807) is 16.8 Å². The van der Waals surface area contributed by atoms with E-state index in [1.165, 1.54) is 0 Å². The number of benzene rings is 1. The number of ether oxygens (including phenoxy) is 1. The van der Waals surface area contributed by atoms with Crippen LogP contribution in [0.4, 0.5) is 0 Å². The quantitative estimate of drug-likeness (QED) is 0.885. The average molecular weight is 249 g/mol. The highest BCUT2D eigenvalue weighted by Crippen LogP contribution is 2.20. The minimum Gasteiger partial charge on any atom is -0.487 e. The van der Waals surface area contributed by atoms with Crippen LogP contribution in [0.1, 0.15) is 30.7 Å². The fourth-order valence-electron chi connectivity index (χ4n) is 1.49. The topological polar surface area (TPSA) is 42.4 Å². The van der Waals surface area contributed by atoms with Crippen molar-refractivity contribution in [1.29, 1.82) is 0 Å². The van der Waals surface area contributed by atoms with Crippen LogP contribution in [0.15, 0.2) is 35.2 Å². The van der Waals surface area contributed by atoms with Gasteiger partial charge in [-0.05, 0) is 24.1 Å². The van der Waals surface area contributed by atoms with Crippen LogP contribution in [0.5, 0.6) is 5.75 Å². The van der Waals surface area contributed by atoms with Gasteiger partial charge in [0.1, 0.15) is 12.4 Å². The van der Waals surface area contributed by atoms with Gasteiger partial charge in [-0.3, -0.25) is 0 Å². The van der Waals surface area contributed by atoms with Gasteiger partial charge in [0.25, 0.3) is 0 Å². The van der Waals surface area contributed by atoms with Crippen molar-refractivity contribution in [2.45, 2.75) is 26.1 Å². The highest BCUT2D eigenvalue weighted by molar-refractivity contribution is 7.07. The molecule has 17 heavy (non-hydrogen) atoms. The lowest BCUT2D eigenvalue weighted by Gasteiger charge is -2.09. The van der Waals surface area contributed by atoms with Gasteiger partial charge in [0.15, 0.2) is 0 Å². The molecule has 0 aliphatic heterocycles. The van der Waals surface area contributed by atoms with Crippen molar-refractivity contribution >= 4 is 11.3 Å². The zero-order valence-corrected chi connectivity index (χ0v) is 10.5. The SMILES string of the molecule is CC[C@@H](O)c1ccc(OCc2cscn2)cc1. The minimum atomic E-state index is -0.386. The molecule has 0 radical (unpaired) electrons.